The molecule has 8 nitrogen and oxygen atoms in total. The molecule has 0 spiro atoms. The number of hydrogen-bond acceptors (Lipinski definition) is 5. The number of likely N-dealkylation sites (tertiary alicyclic amines) is 1. The summed E-state index contributed by atoms with van der Waals surface area (Å²) in [5.41, 5.74) is 0.105. The summed E-state index contributed by atoms with van der Waals surface area (Å²) in [6.07, 6.45) is 0.814. The van der Waals surface area contributed by atoms with E-state index in [1.54, 1.807) is 11.8 Å². The Balaban J connectivity index is 1.74. The second kappa shape index (κ2) is 10.4. The molecule has 0 aliphatic carbocycles. The second-order valence-electron chi connectivity index (χ2n) is 6.12. The van der Waals surface area contributed by atoms with E-state index < -0.39 is 12.5 Å². The summed E-state index contributed by atoms with van der Waals surface area (Å²) in [7, 11) is 0. The van der Waals surface area contributed by atoms with Gasteiger partial charge in [0.2, 0.25) is 5.91 Å². The monoisotopic (exact) mass is 399 g/mol. The van der Waals surface area contributed by atoms with E-state index in [2.05, 4.69) is 15.4 Å². The van der Waals surface area contributed by atoms with Crippen LogP contribution in [0.1, 0.15) is 30.1 Å². The van der Waals surface area contributed by atoms with Crippen molar-refractivity contribution >= 4 is 17.9 Å². The molecular weight excluding hydrogens is 376 g/mol. The zero-order valence-electron chi connectivity index (χ0n) is 15.5. The van der Waals surface area contributed by atoms with E-state index in [0.717, 1.165) is 0 Å². The molecule has 1 aromatic carbocycles. The van der Waals surface area contributed by atoms with Crippen LogP contribution in [-0.2, 0) is 9.53 Å². The van der Waals surface area contributed by atoms with E-state index in [4.69, 9.17) is 4.74 Å². The molecule has 154 valence electrons. The Morgan fingerprint density at radius 1 is 1.25 bits per heavy atom. The van der Waals surface area contributed by atoms with Crippen molar-refractivity contribution in [1.29, 1.82) is 0 Å². The number of nitrogens with zero attached hydrogens (tertiary/aromatic N) is 1. The van der Waals surface area contributed by atoms with Crippen molar-refractivity contribution in [3.05, 3.63) is 29.8 Å². The molecule has 1 fully saturated rings. The molecule has 3 amide bonds. The fourth-order valence-electron chi connectivity index (χ4n) is 2.78. The molecule has 1 aromatic rings. The van der Waals surface area contributed by atoms with Crippen LogP contribution in [0.3, 0.4) is 0 Å². The molecule has 1 aliphatic heterocycles. The van der Waals surface area contributed by atoms with Gasteiger partial charge in [-0.15, -0.1) is 0 Å². The number of nitrogens with one attached hydrogen (secondary N) is 2. The first kappa shape index (κ1) is 21.4. The molecule has 0 saturated carbocycles. The lowest BCUT2D eigenvalue weighted by atomic mass is 10.1. The zero-order chi connectivity index (χ0) is 20.5. The molecule has 0 atom stereocenters. The number of ether oxygens (including phenoxy) is 2. The lowest BCUT2D eigenvalue weighted by Crippen LogP contribution is -2.48. The van der Waals surface area contributed by atoms with Gasteiger partial charge in [-0.25, -0.2) is 4.79 Å². The number of benzene rings is 1. The third-order valence-electron chi connectivity index (χ3n) is 4.12. The highest BCUT2D eigenvalue weighted by Crippen LogP contribution is 2.16. The van der Waals surface area contributed by atoms with Crippen molar-refractivity contribution in [1.82, 2.24) is 15.5 Å². The van der Waals surface area contributed by atoms with Gasteiger partial charge in [0.05, 0.1) is 13.2 Å². The van der Waals surface area contributed by atoms with Gasteiger partial charge in [0, 0.05) is 24.7 Å². The van der Waals surface area contributed by atoms with Gasteiger partial charge in [-0.05, 0) is 38.0 Å². The minimum absolute atomic E-state index is 0.0992. The average Bonchev–Trinajstić information content (AvgIpc) is 2.66. The van der Waals surface area contributed by atoms with Gasteiger partial charge in [-0.1, -0.05) is 6.07 Å². The van der Waals surface area contributed by atoms with Crippen LogP contribution in [0.15, 0.2) is 24.3 Å². The predicted octanol–water partition coefficient (Wildman–Crippen LogP) is 1.75. The Morgan fingerprint density at radius 3 is 2.61 bits per heavy atom. The fourth-order valence-corrected chi connectivity index (χ4v) is 2.78. The van der Waals surface area contributed by atoms with Crippen LogP contribution in [0.4, 0.5) is 13.6 Å². The average molecular weight is 399 g/mol. The molecule has 28 heavy (non-hydrogen) atoms. The number of carbonyl (C=O) groups excluding carboxylic acids is 3. The molecule has 0 unspecified atom stereocenters. The Kier molecular flexibility index (Phi) is 7.97. The molecule has 0 radical (unpaired) electrons. The summed E-state index contributed by atoms with van der Waals surface area (Å²) in [5.74, 6) is -1.09. The van der Waals surface area contributed by atoms with Crippen LogP contribution in [-0.4, -0.2) is 61.7 Å². The quantitative estimate of drug-likeness (QED) is 0.728. The molecule has 2 N–H and O–H groups in total. The van der Waals surface area contributed by atoms with Gasteiger partial charge in [0.15, 0.2) is 0 Å². The second-order valence-corrected chi connectivity index (χ2v) is 6.12. The molecule has 1 aliphatic rings. The molecule has 10 heteroatoms. The molecule has 0 aromatic heterocycles. The van der Waals surface area contributed by atoms with Crippen LogP contribution in [0, 0.1) is 0 Å². The third-order valence-corrected chi connectivity index (χ3v) is 4.12. The molecule has 0 bridgehead atoms. The van der Waals surface area contributed by atoms with E-state index in [1.807, 2.05) is 0 Å². The normalized spacial score (nSPS) is 14.5. The summed E-state index contributed by atoms with van der Waals surface area (Å²) >= 11 is 0. The first-order chi connectivity index (χ1) is 13.4. The highest BCUT2D eigenvalue weighted by Gasteiger charge is 2.24. The van der Waals surface area contributed by atoms with Crippen molar-refractivity contribution in [2.75, 3.05) is 26.2 Å². The number of piperidine rings is 1. The van der Waals surface area contributed by atoms with E-state index >= 15 is 0 Å². The molecule has 2 rings (SSSR count). The minimum Gasteiger partial charge on any atom is -0.450 e. The zero-order valence-corrected chi connectivity index (χ0v) is 15.5. The number of halogens is 2. The largest absolute Gasteiger partial charge is 0.450 e. The lowest BCUT2D eigenvalue weighted by molar-refractivity contribution is -0.121. The van der Waals surface area contributed by atoms with Gasteiger partial charge < -0.3 is 25.0 Å². The minimum atomic E-state index is -2.99. The van der Waals surface area contributed by atoms with Crippen LogP contribution in [0.5, 0.6) is 5.75 Å². The third kappa shape index (κ3) is 6.67. The predicted molar refractivity (Wildman–Crippen MR) is 95.2 cm³/mol. The highest BCUT2D eigenvalue weighted by molar-refractivity contribution is 5.96. The number of rotatable bonds is 7. The number of amides is 3. The maximum absolute atomic E-state index is 12.2. The van der Waals surface area contributed by atoms with Gasteiger partial charge in [-0.3, -0.25) is 9.59 Å². The molecular formula is C18H23F2N3O5. The van der Waals surface area contributed by atoms with Crippen molar-refractivity contribution < 1.29 is 32.6 Å². The van der Waals surface area contributed by atoms with E-state index in [0.29, 0.717) is 32.5 Å². The standard InChI is InChI=1S/C18H23F2N3O5/c1-2-27-18(26)23-8-6-13(7-9-23)22-15(24)11-21-16(25)12-4-3-5-14(10-12)28-17(19)20/h3-5,10,13,17H,2,6-9,11H2,1H3,(H,21,25)(H,22,24). The van der Waals surface area contributed by atoms with Crippen molar-refractivity contribution in [2.24, 2.45) is 0 Å². The van der Waals surface area contributed by atoms with Crippen LogP contribution in [0.2, 0.25) is 0 Å². The van der Waals surface area contributed by atoms with E-state index in [9.17, 15) is 23.2 Å². The summed E-state index contributed by atoms with van der Waals surface area (Å²) in [6, 6.07) is 5.21. The smallest absolute Gasteiger partial charge is 0.409 e. The first-order valence-corrected chi connectivity index (χ1v) is 8.93. The maximum atomic E-state index is 12.2. The Morgan fingerprint density at radius 2 is 1.96 bits per heavy atom. The van der Waals surface area contributed by atoms with Crippen molar-refractivity contribution in [3.63, 3.8) is 0 Å². The molecule has 1 heterocycles. The van der Waals surface area contributed by atoms with Gasteiger partial charge in [0.1, 0.15) is 5.75 Å². The van der Waals surface area contributed by atoms with Gasteiger partial charge >= 0.3 is 12.7 Å². The van der Waals surface area contributed by atoms with Gasteiger partial charge in [0.25, 0.3) is 5.91 Å². The Bertz CT molecular complexity index is 694. The van der Waals surface area contributed by atoms with Crippen LogP contribution < -0.4 is 15.4 Å². The van der Waals surface area contributed by atoms with Crippen LogP contribution >= 0.6 is 0 Å². The van der Waals surface area contributed by atoms with E-state index in [-0.39, 0.29) is 35.9 Å². The highest BCUT2D eigenvalue weighted by atomic mass is 19.3. The summed E-state index contributed by atoms with van der Waals surface area (Å²) in [5, 5.41) is 5.23. The summed E-state index contributed by atoms with van der Waals surface area (Å²) < 4.78 is 33.6. The lowest BCUT2D eigenvalue weighted by Gasteiger charge is -2.31. The first-order valence-electron chi connectivity index (χ1n) is 8.93. The SMILES string of the molecule is CCOC(=O)N1CCC(NC(=O)CNC(=O)c2cccc(OC(F)F)c2)CC1. The number of hydrogen-bond donors (Lipinski definition) is 2. The maximum Gasteiger partial charge on any atom is 0.409 e. The Hall–Kier alpha value is -2.91. The van der Waals surface area contributed by atoms with E-state index in [1.165, 1.54) is 24.3 Å². The number of carbonyl (C=O) groups is 3. The van der Waals surface area contributed by atoms with Crippen LogP contribution in [0.25, 0.3) is 0 Å². The fraction of sp³-hybridized carbons (Fsp3) is 0.500. The topological polar surface area (TPSA) is 97.0 Å². The van der Waals surface area contributed by atoms with Crippen molar-refractivity contribution in [3.8, 4) is 5.75 Å². The Labute approximate surface area is 161 Å². The van der Waals surface area contributed by atoms with Gasteiger partial charge in [-0.2, -0.15) is 8.78 Å². The van der Waals surface area contributed by atoms with Crippen molar-refractivity contribution in [2.45, 2.75) is 32.4 Å². The summed E-state index contributed by atoms with van der Waals surface area (Å²) in [6.45, 7) is -0.232. The molecule has 1 saturated heterocycles. The number of alkyl halides is 2. The summed E-state index contributed by atoms with van der Waals surface area (Å²) in [4.78, 5) is 37.3.